The third kappa shape index (κ3) is 3.86. The molecule has 4 heterocycles. The summed E-state index contributed by atoms with van der Waals surface area (Å²) in [6.07, 6.45) is 5.26. The molecule has 0 aliphatic rings. The highest BCUT2D eigenvalue weighted by Gasteiger charge is 2.13. The van der Waals surface area contributed by atoms with E-state index in [-0.39, 0.29) is 12.1 Å². The number of pyridine rings is 1. The highest BCUT2D eigenvalue weighted by atomic mass is 16.3. The van der Waals surface area contributed by atoms with Crippen LogP contribution in [0.2, 0.25) is 0 Å². The molecule has 0 aliphatic carbocycles. The number of aryl methyl sites for hydroxylation is 1. The first-order valence-electron chi connectivity index (χ1n) is 9.30. The molecular weight excluding hydrogens is 340 g/mol. The molecule has 7 nitrogen and oxygen atoms in total. The van der Waals surface area contributed by atoms with Gasteiger partial charge in [0.2, 0.25) is 5.95 Å². The van der Waals surface area contributed by atoms with Crippen LogP contribution >= 0.6 is 0 Å². The molecule has 0 aromatic carbocycles. The largest absolute Gasteiger partial charge is 0.461 e. The zero-order valence-electron chi connectivity index (χ0n) is 15.8. The Balaban J connectivity index is 1.46. The van der Waals surface area contributed by atoms with Crippen LogP contribution in [0, 0.1) is 0 Å². The predicted octanol–water partition coefficient (Wildman–Crippen LogP) is 4.35. The number of hydrogen-bond acceptors (Lipinski definition) is 6. The maximum absolute atomic E-state index is 5.61. The first kappa shape index (κ1) is 17.3. The van der Waals surface area contributed by atoms with Gasteiger partial charge in [-0.15, -0.1) is 0 Å². The summed E-state index contributed by atoms with van der Waals surface area (Å²) in [7, 11) is 0. The van der Waals surface area contributed by atoms with Crippen molar-refractivity contribution in [3.63, 3.8) is 0 Å². The zero-order valence-corrected chi connectivity index (χ0v) is 15.8. The summed E-state index contributed by atoms with van der Waals surface area (Å²) in [5.74, 6) is 1.51. The van der Waals surface area contributed by atoms with Crippen LogP contribution in [0.5, 0.6) is 0 Å². The van der Waals surface area contributed by atoms with Gasteiger partial charge < -0.3 is 20.0 Å². The van der Waals surface area contributed by atoms with E-state index in [9.17, 15) is 0 Å². The Morgan fingerprint density at radius 2 is 1.93 bits per heavy atom. The van der Waals surface area contributed by atoms with Crippen molar-refractivity contribution in [2.24, 2.45) is 0 Å². The van der Waals surface area contributed by atoms with Crippen LogP contribution in [0.3, 0.4) is 0 Å². The predicted molar refractivity (Wildman–Crippen MR) is 108 cm³/mol. The number of hydrogen-bond donors (Lipinski definition) is 3. The molecule has 0 radical (unpaired) electrons. The van der Waals surface area contributed by atoms with Crippen LogP contribution in [0.25, 0.3) is 22.1 Å². The van der Waals surface area contributed by atoms with Crippen LogP contribution in [-0.4, -0.2) is 32.0 Å². The lowest BCUT2D eigenvalue weighted by Gasteiger charge is -2.15. The first-order chi connectivity index (χ1) is 13.1. The quantitative estimate of drug-likeness (QED) is 0.451. The number of fused-ring (bicyclic) bond motifs is 2. The number of anilines is 2. The Bertz CT molecular complexity index is 1050. The molecule has 27 heavy (non-hydrogen) atoms. The average molecular weight is 364 g/mol. The van der Waals surface area contributed by atoms with E-state index in [1.807, 2.05) is 24.4 Å². The SMILES string of the molecule is CC(C)Nc1nc(CCC(C)Nc2ccc3cc[nH]c3n2)c2occc2n1. The molecule has 140 valence electrons. The minimum absolute atomic E-state index is 0.242. The second-order valence-electron chi connectivity index (χ2n) is 7.12. The molecule has 7 heteroatoms. The highest BCUT2D eigenvalue weighted by molar-refractivity contribution is 5.77. The van der Waals surface area contributed by atoms with Gasteiger partial charge >= 0.3 is 0 Å². The molecule has 4 aromatic heterocycles. The van der Waals surface area contributed by atoms with E-state index in [4.69, 9.17) is 4.42 Å². The van der Waals surface area contributed by atoms with Gasteiger partial charge in [0.1, 0.15) is 17.0 Å². The fraction of sp³-hybridized carbons (Fsp3) is 0.350. The average Bonchev–Trinajstić information content (AvgIpc) is 3.27. The van der Waals surface area contributed by atoms with Crippen LogP contribution in [0.1, 0.15) is 32.9 Å². The van der Waals surface area contributed by atoms with E-state index in [1.165, 1.54) is 0 Å². The molecule has 0 fully saturated rings. The third-order valence-electron chi connectivity index (χ3n) is 4.41. The molecule has 0 amide bonds. The van der Waals surface area contributed by atoms with Crippen LogP contribution < -0.4 is 10.6 Å². The van der Waals surface area contributed by atoms with E-state index in [0.717, 1.165) is 46.5 Å². The van der Waals surface area contributed by atoms with Crippen molar-refractivity contribution in [3.8, 4) is 0 Å². The van der Waals surface area contributed by atoms with Gasteiger partial charge in [-0.05, 0) is 51.8 Å². The van der Waals surface area contributed by atoms with Gasteiger partial charge in [0.25, 0.3) is 0 Å². The van der Waals surface area contributed by atoms with Crippen molar-refractivity contribution >= 4 is 33.9 Å². The van der Waals surface area contributed by atoms with Crippen molar-refractivity contribution < 1.29 is 4.42 Å². The molecule has 1 atom stereocenters. The van der Waals surface area contributed by atoms with Crippen molar-refractivity contribution in [2.45, 2.75) is 45.7 Å². The van der Waals surface area contributed by atoms with Crippen LogP contribution in [-0.2, 0) is 6.42 Å². The Labute approximate surface area is 157 Å². The van der Waals surface area contributed by atoms with Crippen molar-refractivity contribution in [1.29, 1.82) is 0 Å². The van der Waals surface area contributed by atoms with Crippen molar-refractivity contribution in [1.82, 2.24) is 19.9 Å². The number of rotatable bonds is 7. The number of nitrogens with zero attached hydrogens (tertiary/aromatic N) is 3. The molecule has 0 spiro atoms. The monoisotopic (exact) mass is 364 g/mol. The summed E-state index contributed by atoms with van der Waals surface area (Å²) in [5, 5.41) is 7.85. The Kier molecular flexibility index (Phi) is 4.66. The molecule has 0 bridgehead atoms. The van der Waals surface area contributed by atoms with Gasteiger partial charge in [-0.2, -0.15) is 0 Å². The fourth-order valence-electron chi connectivity index (χ4n) is 3.10. The van der Waals surface area contributed by atoms with Crippen molar-refractivity contribution in [3.05, 3.63) is 42.4 Å². The number of aromatic amines is 1. The number of furan rings is 1. The molecule has 4 aromatic rings. The van der Waals surface area contributed by atoms with Gasteiger partial charge in [0.15, 0.2) is 5.58 Å². The van der Waals surface area contributed by atoms with Gasteiger partial charge in [-0.25, -0.2) is 15.0 Å². The molecule has 0 aliphatic heterocycles. The smallest absolute Gasteiger partial charge is 0.223 e. The Hall–Kier alpha value is -3.09. The second-order valence-corrected chi connectivity index (χ2v) is 7.12. The summed E-state index contributed by atoms with van der Waals surface area (Å²) in [6.45, 7) is 6.29. The minimum atomic E-state index is 0.242. The van der Waals surface area contributed by atoms with E-state index in [2.05, 4.69) is 57.4 Å². The standard InChI is InChI=1S/C20H24N6O/c1-12(2)22-20-24-15(18-16(25-20)9-11-27-18)6-4-13(3)23-17-7-5-14-8-10-21-19(14)26-17/h5,7-13H,4,6H2,1-3H3,(H2,21,23,26)(H,22,24,25). The number of nitrogens with one attached hydrogen (secondary N) is 3. The Morgan fingerprint density at radius 1 is 1.04 bits per heavy atom. The van der Waals surface area contributed by atoms with Gasteiger partial charge in [-0.3, -0.25) is 0 Å². The lowest BCUT2D eigenvalue weighted by Crippen LogP contribution is -2.18. The van der Waals surface area contributed by atoms with Crippen LogP contribution in [0.4, 0.5) is 11.8 Å². The highest BCUT2D eigenvalue weighted by Crippen LogP contribution is 2.21. The summed E-state index contributed by atoms with van der Waals surface area (Å²) in [5.41, 5.74) is 3.42. The Morgan fingerprint density at radius 3 is 2.78 bits per heavy atom. The van der Waals surface area contributed by atoms with Crippen LogP contribution in [0.15, 0.2) is 41.1 Å². The van der Waals surface area contributed by atoms with Crippen molar-refractivity contribution in [2.75, 3.05) is 10.6 Å². The van der Waals surface area contributed by atoms with Gasteiger partial charge in [-0.1, -0.05) is 0 Å². The summed E-state index contributed by atoms with van der Waals surface area (Å²) >= 11 is 0. The molecule has 4 rings (SSSR count). The number of aromatic nitrogens is 4. The van der Waals surface area contributed by atoms with E-state index < -0.39 is 0 Å². The first-order valence-corrected chi connectivity index (χ1v) is 9.30. The normalized spacial score (nSPS) is 12.7. The maximum atomic E-state index is 5.61. The number of H-pyrrole nitrogens is 1. The third-order valence-corrected chi connectivity index (χ3v) is 4.41. The lowest BCUT2D eigenvalue weighted by atomic mass is 10.1. The minimum Gasteiger partial charge on any atom is -0.461 e. The maximum Gasteiger partial charge on any atom is 0.223 e. The molecule has 3 N–H and O–H groups in total. The second kappa shape index (κ2) is 7.26. The topological polar surface area (TPSA) is 91.7 Å². The van der Waals surface area contributed by atoms with E-state index in [1.54, 1.807) is 6.26 Å². The van der Waals surface area contributed by atoms with E-state index >= 15 is 0 Å². The molecule has 1 unspecified atom stereocenters. The summed E-state index contributed by atoms with van der Waals surface area (Å²) < 4.78 is 5.61. The van der Waals surface area contributed by atoms with E-state index in [0.29, 0.717) is 5.95 Å². The summed E-state index contributed by atoms with van der Waals surface area (Å²) in [6, 6.07) is 8.48. The molecule has 0 saturated carbocycles. The molecular formula is C20H24N6O. The zero-order chi connectivity index (χ0) is 18.8. The lowest BCUT2D eigenvalue weighted by molar-refractivity contribution is 0.601. The summed E-state index contributed by atoms with van der Waals surface area (Å²) in [4.78, 5) is 16.9. The van der Waals surface area contributed by atoms with Gasteiger partial charge in [0, 0.05) is 29.7 Å². The van der Waals surface area contributed by atoms with Gasteiger partial charge in [0.05, 0.1) is 12.0 Å². The fourth-order valence-corrected chi connectivity index (χ4v) is 3.10. The molecule has 0 saturated heterocycles.